The van der Waals surface area contributed by atoms with Gasteiger partial charge in [-0.15, -0.1) is 0 Å². The molecule has 17 heavy (non-hydrogen) atoms. The van der Waals surface area contributed by atoms with E-state index in [0.717, 1.165) is 28.9 Å². The zero-order valence-electron chi connectivity index (χ0n) is 9.81. The molecule has 0 radical (unpaired) electrons. The van der Waals surface area contributed by atoms with E-state index < -0.39 is 5.54 Å². The minimum Gasteiger partial charge on any atom is -0.328 e. The number of nitrogens with two attached hydrogens (primary N) is 1. The molecule has 1 saturated carbocycles. The number of fused-ring (bicyclic) bond motifs is 2. The van der Waals surface area contributed by atoms with Crippen LogP contribution in [-0.2, 0) is 5.54 Å². The van der Waals surface area contributed by atoms with Crippen LogP contribution in [0.3, 0.4) is 0 Å². The number of carbonyl (C=O) groups excluding carboxylic acids is 1. The molecule has 2 atom stereocenters. The third kappa shape index (κ3) is 1.29. The van der Waals surface area contributed by atoms with E-state index in [2.05, 4.69) is 0 Å². The van der Waals surface area contributed by atoms with E-state index in [-0.39, 0.29) is 11.9 Å². The van der Waals surface area contributed by atoms with Crippen LogP contribution in [0.1, 0.15) is 35.2 Å². The number of hydrogen-bond donors (Lipinski definition) is 2. The van der Waals surface area contributed by atoms with Crippen LogP contribution in [0.25, 0.3) is 0 Å². The summed E-state index contributed by atoms with van der Waals surface area (Å²) in [4.78, 5) is 12.1. The monoisotopic (exact) mass is 230 g/mol. The molecule has 0 aromatic heterocycles. The van der Waals surface area contributed by atoms with Crippen molar-refractivity contribution in [3.8, 4) is 0 Å². The maximum atomic E-state index is 12.1. The SMILES string of the molecule is Bc1ccc2c(c1)C(=O)N(O)C21CCC(N)C1. The van der Waals surface area contributed by atoms with Gasteiger partial charge >= 0.3 is 0 Å². The molecule has 1 amide bonds. The highest BCUT2D eigenvalue weighted by Gasteiger charge is 2.52. The molecular formula is C12H15BN2O2. The number of hydroxylamine groups is 2. The zero-order valence-corrected chi connectivity index (χ0v) is 9.81. The van der Waals surface area contributed by atoms with Crippen molar-refractivity contribution in [1.82, 2.24) is 5.06 Å². The molecule has 3 N–H and O–H groups in total. The summed E-state index contributed by atoms with van der Waals surface area (Å²) in [6.07, 6.45) is 2.23. The molecule has 4 nitrogen and oxygen atoms in total. The lowest BCUT2D eigenvalue weighted by atomic mass is 9.85. The molecule has 1 aromatic carbocycles. The molecule has 0 bridgehead atoms. The summed E-state index contributed by atoms with van der Waals surface area (Å²) in [6.45, 7) is 0. The molecule has 1 aromatic rings. The molecule has 3 rings (SSSR count). The summed E-state index contributed by atoms with van der Waals surface area (Å²) in [7, 11) is 1.95. The molecule has 88 valence electrons. The Kier molecular flexibility index (Phi) is 2.12. The Labute approximate surface area is 101 Å². The Morgan fingerprint density at radius 3 is 2.94 bits per heavy atom. The third-order valence-corrected chi connectivity index (χ3v) is 4.03. The lowest BCUT2D eigenvalue weighted by Gasteiger charge is -2.30. The Balaban J connectivity index is 2.18. The first-order valence-corrected chi connectivity index (χ1v) is 5.95. The molecule has 0 saturated heterocycles. The van der Waals surface area contributed by atoms with Crippen LogP contribution in [0.2, 0.25) is 0 Å². The predicted molar refractivity (Wildman–Crippen MR) is 66.1 cm³/mol. The Hall–Kier alpha value is -1.33. The number of carbonyl (C=O) groups is 1. The molecule has 1 heterocycles. The van der Waals surface area contributed by atoms with Crippen molar-refractivity contribution < 1.29 is 10.0 Å². The normalized spacial score (nSPS) is 31.3. The lowest BCUT2D eigenvalue weighted by molar-refractivity contribution is -0.127. The summed E-state index contributed by atoms with van der Waals surface area (Å²) in [5, 5.41) is 11.0. The molecule has 2 aliphatic rings. The Morgan fingerprint density at radius 1 is 1.53 bits per heavy atom. The minimum absolute atomic E-state index is 0.0599. The fraction of sp³-hybridized carbons (Fsp3) is 0.417. The van der Waals surface area contributed by atoms with Gasteiger partial charge in [-0.1, -0.05) is 23.7 Å². The molecular weight excluding hydrogens is 215 g/mol. The van der Waals surface area contributed by atoms with Gasteiger partial charge in [0.15, 0.2) is 0 Å². The summed E-state index contributed by atoms with van der Waals surface area (Å²) >= 11 is 0. The standard InChI is InChI=1S/C12H15BN2O2/c13-7-1-2-10-9(5-7)11(16)15(17)12(10)4-3-8(14)6-12/h1-2,5,8,17H,3-4,6,13-14H2. The summed E-state index contributed by atoms with van der Waals surface area (Å²) in [6, 6.07) is 5.84. The van der Waals surface area contributed by atoms with E-state index in [9.17, 15) is 10.0 Å². The van der Waals surface area contributed by atoms with Crippen LogP contribution >= 0.6 is 0 Å². The first kappa shape index (κ1) is 10.8. The van der Waals surface area contributed by atoms with E-state index in [0.29, 0.717) is 12.0 Å². The first-order chi connectivity index (χ1) is 8.04. The number of benzene rings is 1. The van der Waals surface area contributed by atoms with Crippen LogP contribution in [0, 0.1) is 0 Å². The fourth-order valence-corrected chi connectivity index (χ4v) is 3.16. The number of rotatable bonds is 0. The first-order valence-electron chi connectivity index (χ1n) is 5.95. The maximum Gasteiger partial charge on any atom is 0.278 e. The second kappa shape index (κ2) is 3.34. The Morgan fingerprint density at radius 2 is 2.29 bits per heavy atom. The van der Waals surface area contributed by atoms with Gasteiger partial charge in [-0.2, -0.15) is 0 Å². The van der Waals surface area contributed by atoms with Crippen molar-refractivity contribution in [2.24, 2.45) is 5.73 Å². The summed E-state index contributed by atoms with van der Waals surface area (Å²) in [5.41, 5.74) is 7.96. The van der Waals surface area contributed by atoms with E-state index >= 15 is 0 Å². The number of nitrogens with zero attached hydrogens (tertiary/aromatic N) is 1. The molecule has 5 heteroatoms. The quantitative estimate of drug-likeness (QED) is 0.466. The molecule has 2 unspecified atom stereocenters. The van der Waals surface area contributed by atoms with Gasteiger partial charge in [-0.3, -0.25) is 10.0 Å². The second-order valence-corrected chi connectivity index (χ2v) is 5.20. The fourth-order valence-electron chi connectivity index (χ4n) is 3.16. The highest BCUT2D eigenvalue weighted by Crippen LogP contribution is 2.48. The van der Waals surface area contributed by atoms with Gasteiger partial charge < -0.3 is 5.73 Å². The van der Waals surface area contributed by atoms with Crippen LogP contribution < -0.4 is 11.2 Å². The van der Waals surface area contributed by atoms with Crippen molar-refractivity contribution >= 4 is 19.2 Å². The maximum absolute atomic E-state index is 12.1. The van der Waals surface area contributed by atoms with Gasteiger partial charge in [0.2, 0.25) is 0 Å². The second-order valence-electron chi connectivity index (χ2n) is 5.20. The van der Waals surface area contributed by atoms with Crippen molar-refractivity contribution in [2.75, 3.05) is 0 Å². The third-order valence-electron chi connectivity index (χ3n) is 4.03. The van der Waals surface area contributed by atoms with Crippen molar-refractivity contribution in [2.45, 2.75) is 30.8 Å². The molecule has 1 fully saturated rings. The smallest absolute Gasteiger partial charge is 0.278 e. The van der Waals surface area contributed by atoms with Crippen LogP contribution in [0.5, 0.6) is 0 Å². The molecule has 1 spiro atoms. The van der Waals surface area contributed by atoms with Gasteiger partial charge in [0.1, 0.15) is 7.85 Å². The van der Waals surface area contributed by atoms with Gasteiger partial charge in [0, 0.05) is 11.6 Å². The minimum atomic E-state index is -0.570. The summed E-state index contributed by atoms with van der Waals surface area (Å²) < 4.78 is 0. The number of amides is 1. The summed E-state index contributed by atoms with van der Waals surface area (Å²) in [5.74, 6) is -0.294. The van der Waals surface area contributed by atoms with E-state index in [1.165, 1.54) is 0 Å². The highest BCUT2D eigenvalue weighted by atomic mass is 16.5. The largest absolute Gasteiger partial charge is 0.328 e. The predicted octanol–water partition coefficient (Wildman–Crippen LogP) is -0.503. The average molecular weight is 230 g/mol. The van der Waals surface area contributed by atoms with E-state index in [4.69, 9.17) is 5.73 Å². The number of hydrogen-bond acceptors (Lipinski definition) is 3. The molecule has 1 aliphatic heterocycles. The molecule has 1 aliphatic carbocycles. The van der Waals surface area contributed by atoms with Crippen molar-refractivity contribution in [1.29, 1.82) is 0 Å². The lowest BCUT2D eigenvalue weighted by Crippen LogP contribution is -2.40. The van der Waals surface area contributed by atoms with Crippen molar-refractivity contribution in [3.63, 3.8) is 0 Å². The van der Waals surface area contributed by atoms with Crippen molar-refractivity contribution in [3.05, 3.63) is 29.3 Å². The van der Waals surface area contributed by atoms with Crippen LogP contribution in [-0.4, -0.2) is 30.1 Å². The van der Waals surface area contributed by atoms with Crippen LogP contribution in [0.15, 0.2) is 18.2 Å². The van der Waals surface area contributed by atoms with Crippen LogP contribution in [0.4, 0.5) is 0 Å². The highest BCUT2D eigenvalue weighted by molar-refractivity contribution is 6.32. The van der Waals surface area contributed by atoms with Gasteiger partial charge in [0.05, 0.1) is 5.54 Å². The van der Waals surface area contributed by atoms with E-state index in [1.807, 2.05) is 26.0 Å². The van der Waals surface area contributed by atoms with Gasteiger partial charge in [0.25, 0.3) is 5.91 Å². The van der Waals surface area contributed by atoms with Gasteiger partial charge in [-0.25, -0.2) is 5.06 Å². The topological polar surface area (TPSA) is 66.6 Å². The van der Waals surface area contributed by atoms with Gasteiger partial charge in [-0.05, 0) is 24.8 Å². The average Bonchev–Trinajstić information content (AvgIpc) is 2.77. The van der Waals surface area contributed by atoms with E-state index in [1.54, 1.807) is 0 Å². The Bertz CT molecular complexity index is 505. The zero-order chi connectivity index (χ0) is 12.2.